The molecule has 0 aliphatic carbocycles. The molecule has 0 saturated carbocycles. The topological polar surface area (TPSA) is 17.1 Å². The van der Waals surface area contributed by atoms with Crippen LogP contribution in [0.3, 0.4) is 0 Å². The smallest absolute Gasteiger partial charge is 0.123 e. The molecule has 70 valence electrons. The molecule has 0 fully saturated rings. The van der Waals surface area contributed by atoms with E-state index in [1.54, 1.807) is 0 Å². The summed E-state index contributed by atoms with van der Waals surface area (Å²) in [6, 6.07) is 0. The van der Waals surface area contributed by atoms with Gasteiger partial charge in [0.1, 0.15) is 6.29 Å². The average molecular weight is 168 g/mol. The summed E-state index contributed by atoms with van der Waals surface area (Å²) in [7, 11) is 0. The van der Waals surface area contributed by atoms with E-state index in [4.69, 9.17) is 0 Å². The Morgan fingerprint density at radius 2 is 2.08 bits per heavy atom. The number of unbranched alkanes of at least 4 members (excludes halogenated alkanes) is 3. The molecule has 1 atom stereocenters. The third-order valence-corrected chi connectivity index (χ3v) is 2.09. The second kappa shape index (κ2) is 8.51. The monoisotopic (exact) mass is 168 g/mol. The van der Waals surface area contributed by atoms with E-state index in [0.717, 1.165) is 19.1 Å². The van der Waals surface area contributed by atoms with Gasteiger partial charge >= 0.3 is 0 Å². The van der Waals surface area contributed by atoms with Gasteiger partial charge in [0.15, 0.2) is 0 Å². The van der Waals surface area contributed by atoms with Gasteiger partial charge in [-0.25, -0.2) is 0 Å². The van der Waals surface area contributed by atoms with Crippen molar-refractivity contribution in [2.24, 2.45) is 5.92 Å². The third-order valence-electron chi connectivity index (χ3n) is 2.09. The van der Waals surface area contributed by atoms with Crippen molar-refractivity contribution in [2.45, 2.75) is 45.4 Å². The fraction of sp³-hybridized carbons (Fsp3) is 0.727. The molecule has 1 heteroatoms. The van der Waals surface area contributed by atoms with Crippen molar-refractivity contribution in [2.75, 3.05) is 0 Å². The lowest BCUT2D eigenvalue weighted by atomic mass is 9.99. The molecule has 0 N–H and O–H groups in total. The molecule has 0 amide bonds. The van der Waals surface area contributed by atoms with Gasteiger partial charge in [0, 0.05) is 5.92 Å². The first-order chi connectivity index (χ1) is 5.85. The van der Waals surface area contributed by atoms with Gasteiger partial charge < -0.3 is 4.79 Å². The molecule has 1 nitrogen and oxygen atoms in total. The van der Waals surface area contributed by atoms with Gasteiger partial charge in [-0.2, -0.15) is 0 Å². The third kappa shape index (κ3) is 6.14. The fourth-order valence-corrected chi connectivity index (χ4v) is 1.29. The highest BCUT2D eigenvalue weighted by Crippen LogP contribution is 2.12. The molecule has 0 heterocycles. The maximum absolute atomic E-state index is 10.5. The Morgan fingerprint density at radius 1 is 1.33 bits per heavy atom. The van der Waals surface area contributed by atoms with E-state index in [1.807, 2.05) is 6.08 Å². The normalized spacial score (nSPS) is 12.4. The van der Waals surface area contributed by atoms with Crippen molar-refractivity contribution in [1.29, 1.82) is 0 Å². The zero-order valence-electron chi connectivity index (χ0n) is 8.09. The molecular formula is C11H20O. The Kier molecular flexibility index (Phi) is 8.09. The summed E-state index contributed by atoms with van der Waals surface area (Å²) in [4.78, 5) is 10.5. The van der Waals surface area contributed by atoms with Gasteiger partial charge in [0.2, 0.25) is 0 Å². The minimum absolute atomic E-state index is 0.222. The van der Waals surface area contributed by atoms with Crippen LogP contribution >= 0.6 is 0 Å². The Balaban J connectivity index is 3.31. The summed E-state index contributed by atoms with van der Waals surface area (Å²) in [5.74, 6) is 0.222. The highest BCUT2D eigenvalue weighted by Gasteiger charge is 2.03. The lowest BCUT2D eigenvalue weighted by Gasteiger charge is -2.05. The lowest BCUT2D eigenvalue weighted by molar-refractivity contribution is -0.111. The van der Waals surface area contributed by atoms with Gasteiger partial charge in [0.05, 0.1) is 0 Å². The average Bonchev–Trinajstić information content (AvgIpc) is 2.10. The molecule has 0 rings (SSSR count). The van der Waals surface area contributed by atoms with Crippen molar-refractivity contribution < 1.29 is 4.79 Å². The summed E-state index contributed by atoms with van der Waals surface area (Å²) in [6.45, 7) is 5.83. The fourth-order valence-electron chi connectivity index (χ4n) is 1.29. The lowest BCUT2D eigenvalue weighted by Crippen LogP contribution is -1.99. The number of aldehydes is 1. The molecular weight excluding hydrogens is 148 g/mol. The van der Waals surface area contributed by atoms with Crippen LogP contribution in [0.1, 0.15) is 45.4 Å². The van der Waals surface area contributed by atoms with Crippen molar-refractivity contribution in [1.82, 2.24) is 0 Å². The predicted molar refractivity (Wildman–Crippen MR) is 53.1 cm³/mol. The van der Waals surface area contributed by atoms with E-state index in [9.17, 15) is 4.79 Å². The molecule has 0 bridgehead atoms. The molecule has 1 unspecified atom stereocenters. The number of hydrogen-bond acceptors (Lipinski definition) is 1. The van der Waals surface area contributed by atoms with Crippen LogP contribution in [0.2, 0.25) is 0 Å². The predicted octanol–water partition coefficient (Wildman–Crippen LogP) is 3.35. The molecule has 0 spiro atoms. The minimum atomic E-state index is 0.222. The van der Waals surface area contributed by atoms with Crippen molar-refractivity contribution in [3.63, 3.8) is 0 Å². The van der Waals surface area contributed by atoms with Crippen LogP contribution in [0.15, 0.2) is 12.7 Å². The van der Waals surface area contributed by atoms with Crippen LogP contribution in [-0.2, 0) is 4.79 Å². The SMILES string of the molecule is C=CCC(C=O)CCCCCC. The number of allylic oxidation sites excluding steroid dienone is 1. The van der Waals surface area contributed by atoms with Crippen LogP contribution in [0, 0.1) is 5.92 Å². The maximum Gasteiger partial charge on any atom is 0.123 e. The van der Waals surface area contributed by atoms with Crippen LogP contribution in [0.4, 0.5) is 0 Å². The van der Waals surface area contributed by atoms with Gasteiger partial charge in [-0.05, 0) is 12.8 Å². The summed E-state index contributed by atoms with van der Waals surface area (Å²) < 4.78 is 0. The van der Waals surface area contributed by atoms with Crippen LogP contribution < -0.4 is 0 Å². The highest BCUT2D eigenvalue weighted by atomic mass is 16.1. The van der Waals surface area contributed by atoms with Gasteiger partial charge in [-0.3, -0.25) is 0 Å². The Bertz CT molecular complexity index is 118. The van der Waals surface area contributed by atoms with Crippen LogP contribution in [0.25, 0.3) is 0 Å². The van der Waals surface area contributed by atoms with E-state index >= 15 is 0 Å². The van der Waals surface area contributed by atoms with E-state index < -0.39 is 0 Å². The zero-order chi connectivity index (χ0) is 9.23. The van der Waals surface area contributed by atoms with E-state index in [1.165, 1.54) is 25.7 Å². The Labute approximate surface area is 75.9 Å². The Morgan fingerprint density at radius 3 is 2.58 bits per heavy atom. The van der Waals surface area contributed by atoms with Gasteiger partial charge in [-0.1, -0.05) is 38.7 Å². The number of carbonyl (C=O) groups excluding carboxylic acids is 1. The van der Waals surface area contributed by atoms with Crippen LogP contribution in [-0.4, -0.2) is 6.29 Å². The quantitative estimate of drug-likeness (QED) is 0.308. The largest absolute Gasteiger partial charge is 0.303 e. The number of carbonyl (C=O) groups is 1. The van der Waals surface area contributed by atoms with Crippen molar-refractivity contribution in [3.8, 4) is 0 Å². The molecule has 0 radical (unpaired) electrons. The van der Waals surface area contributed by atoms with E-state index in [2.05, 4.69) is 13.5 Å². The van der Waals surface area contributed by atoms with Crippen molar-refractivity contribution in [3.05, 3.63) is 12.7 Å². The second-order valence-corrected chi connectivity index (χ2v) is 3.27. The minimum Gasteiger partial charge on any atom is -0.303 e. The van der Waals surface area contributed by atoms with E-state index in [-0.39, 0.29) is 5.92 Å². The standard InChI is InChI=1S/C11H20O/c1-3-5-6-7-9-11(10-12)8-4-2/h4,10-11H,2-3,5-9H2,1H3. The summed E-state index contributed by atoms with van der Waals surface area (Å²) in [5.41, 5.74) is 0. The van der Waals surface area contributed by atoms with Gasteiger partial charge in [-0.15, -0.1) is 6.58 Å². The maximum atomic E-state index is 10.5. The number of hydrogen-bond donors (Lipinski definition) is 0. The molecule has 0 aromatic rings. The molecule has 0 aliphatic heterocycles. The molecule has 12 heavy (non-hydrogen) atoms. The van der Waals surface area contributed by atoms with Crippen LogP contribution in [0.5, 0.6) is 0 Å². The molecule has 0 saturated heterocycles. The Hall–Kier alpha value is -0.590. The van der Waals surface area contributed by atoms with E-state index in [0.29, 0.717) is 0 Å². The summed E-state index contributed by atoms with van der Waals surface area (Å²) in [5, 5.41) is 0. The first-order valence-corrected chi connectivity index (χ1v) is 4.91. The zero-order valence-corrected chi connectivity index (χ0v) is 8.09. The number of rotatable bonds is 8. The summed E-state index contributed by atoms with van der Waals surface area (Å²) >= 11 is 0. The highest BCUT2D eigenvalue weighted by molar-refractivity contribution is 5.53. The first-order valence-electron chi connectivity index (χ1n) is 4.91. The molecule has 0 aromatic heterocycles. The molecule has 0 aliphatic rings. The molecule has 0 aromatic carbocycles. The van der Waals surface area contributed by atoms with Crippen molar-refractivity contribution >= 4 is 6.29 Å². The first kappa shape index (κ1) is 11.4. The second-order valence-electron chi connectivity index (χ2n) is 3.27. The van der Waals surface area contributed by atoms with Gasteiger partial charge in [0.25, 0.3) is 0 Å². The summed E-state index contributed by atoms with van der Waals surface area (Å²) in [6.07, 6.45) is 9.77.